The highest BCUT2D eigenvalue weighted by molar-refractivity contribution is 7.73. The summed E-state index contributed by atoms with van der Waals surface area (Å²) < 4.78 is 27.8. The van der Waals surface area contributed by atoms with Crippen molar-refractivity contribution in [1.29, 1.82) is 0 Å². The lowest BCUT2D eigenvalue weighted by atomic mass is 10.4. The molecule has 11 heavy (non-hydrogen) atoms. The van der Waals surface area contributed by atoms with Crippen molar-refractivity contribution in [2.24, 2.45) is 0 Å². The van der Waals surface area contributed by atoms with Crippen molar-refractivity contribution in [3.05, 3.63) is 24.3 Å². The molecule has 0 amide bonds. The van der Waals surface area contributed by atoms with Gasteiger partial charge < -0.3 is 4.74 Å². The van der Waals surface area contributed by atoms with E-state index in [2.05, 4.69) is 0 Å². The molecular weight excluding hydrogens is 168 g/mol. The van der Waals surface area contributed by atoms with Gasteiger partial charge in [0, 0.05) is 0 Å². The molecule has 1 aliphatic heterocycles. The van der Waals surface area contributed by atoms with E-state index in [0.717, 1.165) is 11.5 Å². The Morgan fingerprint density at radius 3 is 1.82 bits per heavy atom. The van der Waals surface area contributed by atoms with Crippen LogP contribution in [0.1, 0.15) is 0 Å². The van der Waals surface area contributed by atoms with E-state index in [1.54, 1.807) is 0 Å². The summed E-state index contributed by atoms with van der Waals surface area (Å²) in [5, 5.41) is 0. The van der Waals surface area contributed by atoms with E-state index in [1.807, 2.05) is 24.3 Å². The molecule has 0 aromatic heterocycles. The van der Waals surface area contributed by atoms with E-state index in [9.17, 15) is 0 Å². The highest BCUT2D eigenvalue weighted by Gasteiger charge is 2.15. The molecule has 0 bridgehead atoms. The molecule has 0 atom stereocenters. The number of benzene rings is 1. The van der Waals surface area contributed by atoms with Gasteiger partial charge >= 0.3 is 0 Å². The molecule has 4 nitrogen and oxygen atoms in total. The van der Waals surface area contributed by atoms with Gasteiger partial charge in [-0.05, 0) is 12.1 Å². The molecule has 0 saturated heterocycles. The molecule has 1 aromatic carbocycles. The molecule has 2 rings (SSSR count). The molecule has 1 aliphatic rings. The number of hydrogen-bond donors (Lipinski definition) is 2. The fraction of sp³-hybridized carbons (Fsp3) is 0. The third-order valence-corrected chi connectivity index (χ3v) is 1.03. The highest BCUT2D eigenvalue weighted by atomic mass is 32.2. The minimum Gasteiger partial charge on any atom is -0.450 e. The Kier molecular flexibility index (Phi) is 2.58. The van der Waals surface area contributed by atoms with E-state index in [1.165, 1.54) is 0 Å². The summed E-state index contributed by atoms with van der Waals surface area (Å²) in [6, 6.07) is 7.84. The molecule has 1 aromatic rings. The van der Waals surface area contributed by atoms with Crippen molar-refractivity contribution in [2.75, 3.05) is 0 Å². The zero-order chi connectivity index (χ0) is 8.27. The SMILES string of the molecule is O=S(O)O.c1ccc2c(c1)O2. The second kappa shape index (κ2) is 3.47. The van der Waals surface area contributed by atoms with Gasteiger partial charge in [-0.25, -0.2) is 0 Å². The van der Waals surface area contributed by atoms with Gasteiger partial charge in [0.25, 0.3) is 11.4 Å². The molecule has 2 N–H and O–H groups in total. The Morgan fingerprint density at radius 1 is 1.18 bits per heavy atom. The van der Waals surface area contributed by atoms with Gasteiger partial charge in [-0.3, -0.25) is 9.11 Å². The van der Waals surface area contributed by atoms with Gasteiger partial charge in [0.1, 0.15) is 0 Å². The Morgan fingerprint density at radius 2 is 1.55 bits per heavy atom. The van der Waals surface area contributed by atoms with Crippen LogP contribution >= 0.6 is 0 Å². The van der Waals surface area contributed by atoms with Crippen LogP contribution in [0.5, 0.6) is 11.5 Å². The molecule has 0 radical (unpaired) electrons. The topological polar surface area (TPSA) is 70.1 Å². The summed E-state index contributed by atoms with van der Waals surface area (Å²) in [5.74, 6) is 2.06. The summed E-state index contributed by atoms with van der Waals surface area (Å²) in [6.07, 6.45) is 0. The summed E-state index contributed by atoms with van der Waals surface area (Å²) in [4.78, 5) is 0. The summed E-state index contributed by atoms with van der Waals surface area (Å²) >= 11 is -2.61. The minimum atomic E-state index is -2.61. The summed E-state index contributed by atoms with van der Waals surface area (Å²) in [7, 11) is 0. The van der Waals surface area contributed by atoms with E-state index >= 15 is 0 Å². The first kappa shape index (κ1) is 8.19. The zero-order valence-corrected chi connectivity index (χ0v) is 6.25. The van der Waals surface area contributed by atoms with Crippen LogP contribution in [-0.4, -0.2) is 13.3 Å². The monoisotopic (exact) mass is 174 g/mol. The van der Waals surface area contributed by atoms with Crippen LogP contribution in [0.15, 0.2) is 24.3 Å². The minimum absolute atomic E-state index is 1.03. The third kappa shape index (κ3) is 3.13. The quantitative estimate of drug-likeness (QED) is 0.468. The molecule has 0 aliphatic carbocycles. The Labute approximate surface area is 65.9 Å². The fourth-order valence-corrected chi connectivity index (χ4v) is 0.611. The van der Waals surface area contributed by atoms with E-state index in [-0.39, 0.29) is 0 Å². The van der Waals surface area contributed by atoms with Gasteiger partial charge in [-0.2, -0.15) is 4.21 Å². The second-order valence-electron chi connectivity index (χ2n) is 1.78. The maximum absolute atomic E-state index is 8.67. The molecule has 0 spiro atoms. The van der Waals surface area contributed by atoms with Crippen LogP contribution in [0.2, 0.25) is 0 Å². The van der Waals surface area contributed by atoms with Crippen LogP contribution in [0.3, 0.4) is 0 Å². The number of hydrogen-bond acceptors (Lipinski definition) is 2. The standard InChI is InChI=1S/C6H4O.H2O3S/c1-2-4-6-5(3-1)7-6;1-4(2)3/h1-4H;(H2,1,2,3). The smallest absolute Gasteiger partial charge is 0.299 e. The molecule has 60 valence electrons. The van der Waals surface area contributed by atoms with Gasteiger partial charge in [0.05, 0.1) is 0 Å². The van der Waals surface area contributed by atoms with Gasteiger partial charge in [0.15, 0.2) is 11.5 Å². The lowest BCUT2D eigenvalue weighted by Gasteiger charge is -1.61. The molecule has 5 heteroatoms. The lowest BCUT2D eigenvalue weighted by molar-refractivity contribution is 0.454. The van der Waals surface area contributed by atoms with Crippen molar-refractivity contribution in [2.45, 2.75) is 0 Å². The van der Waals surface area contributed by atoms with Crippen LogP contribution in [0.4, 0.5) is 0 Å². The van der Waals surface area contributed by atoms with Crippen LogP contribution in [0.25, 0.3) is 0 Å². The number of rotatable bonds is 0. The maximum atomic E-state index is 8.67. The van der Waals surface area contributed by atoms with E-state index in [0.29, 0.717) is 0 Å². The maximum Gasteiger partial charge on any atom is 0.299 e. The third-order valence-electron chi connectivity index (χ3n) is 1.03. The van der Waals surface area contributed by atoms with Crippen molar-refractivity contribution < 1.29 is 18.1 Å². The van der Waals surface area contributed by atoms with Crippen LogP contribution in [0, 0.1) is 0 Å². The zero-order valence-electron chi connectivity index (χ0n) is 5.43. The number of para-hydroxylation sites is 2. The van der Waals surface area contributed by atoms with Crippen molar-refractivity contribution in [1.82, 2.24) is 0 Å². The van der Waals surface area contributed by atoms with E-state index < -0.39 is 11.4 Å². The normalized spacial score (nSPS) is 10.8. The molecule has 0 saturated carbocycles. The first-order valence-corrected chi connectivity index (χ1v) is 3.83. The average Bonchev–Trinajstić information content (AvgIpc) is 2.62. The predicted molar refractivity (Wildman–Crippen MR) is 39.9 cm³/mol. The predicted octanol–water partition coefficient (Wildman–Crippen LogP) is 1.47. The lowest BCUT2D eigenvalue weighted by Crippen LogP contribution is -1.74. The molecule has 1 heterocycles. The largest absolute Gasteiger partial charge is 0.450 e. The number of ether oxygens (including phenoxy) is 1. The summed E-state index contributed by atoms with van der Waals surface area (Å²) in [6.45, 7) is 0. The molecule has 0 fully saturated rings. The Hall–Kier alpha value is -0.910. The van der Waals surface area contributed by atoms with Gasteiger partial charge in [0.2, 0.25) is 0 Å². The fourth-order valence-electron chi connectivity index (χ4n) is 0.611. The van der Waals surface area contributed by atoms with Crippen molar-refractivity contribution in [3.63, 3.8) is 0 Å². The summed E-state index contributed by atoms with van der Waals surface area (Å²) in [5.41, 5.74) is 0. The van der Waals surface area contributed by atoms with Crippen LogP contribution < -0.4 is 4.74 Å². The van der Waals surface area contributed by atoms with Crippen LogP contribution in [-0.2, 0) is 11.4 Å². The molecule has 0 unspecified atom stereocenters. The van der Waals surface area contributed by atoms with Crippen molar-refractivity contribution >= 4 is 11.4 Å². The first-order chi connectivity index (χ1) is 5.20. The van der Waals surface area contributed by atoms with Gasteiger partial charge in [-0.15, -0.1) is 0 Å². The first-order valence-electron chi connectivity index (χ1n) is 2.77. The highest BCUT2D eigenvalue weighted by Crippen LogP contribution is 2.43. The Balaban J connectivity index is 0.000000134. The average molecular weight is 174 g/mol. The second-order valence-corrected chi connectivity index (χ2v) is 2.24. The Bertz CT molecular complexity index is 248. The van der Waals surface area contributed by atoms with Gasteiger partial charge in [-0.1, -0.05) is 12.1 Å². The number of fused-ring (bicyclic) bond motifs is 1. The molecular formula is C6H6O4S. The van der Waals surface area contributed by atoms with E-state index in [4.69, 9.17) is 18.1 Å². The van der Waals surface area contributed by atoms with Crippen molar-refractivity contribution in [3.8, 4) is 11.5 Å².